The first-order valence-electron chi connectivity index (χ1n) is 4.42. The zero-order valence-electron chi connectivity index (χ0n) is 8.02. The summed E-state index contributed by atoms with van der Waals surface area (Å²) in [7, 11) is 2.00. The molecule has 1 N–H and O–H groups in total. The summed E-state index contributed by atoms with van der Waals surface area (Å²) in [5.74, 6) is 0. The number of allylic oxidation sites excluding steroid dienone is 1. The molecule has 0 aliphatic heterocycles. The Morgan fingerprint density at radius 1 is 1.64 bits per heavy atom. The Bertz CT molecular complexity index is 290. The van der Waals surface area contributed by atoms with E-state index in [9.17, 15) is 0 Å². The third-order valence-electron chi connectivity index (χ3n) is 2.02. The summed E-state index contributed by atoms with van der Waals surface area (Å²) in [6, 6.07) is 2.60. The van der Waals surface area contributed by atoms with Crippen molar-refractivity contribution in [3.05, 3.63) is 31.9 Å². The fourth-order valence-electron chi connectivity index (χ4n) is 1.25. The topological polar surface area (TPSA) is 12.0 Å². The molecule has 0 aromatic carbocycles. The van der Waals surface area contributed by atoms with Gasteiger partial charge < -0.3 is 5.32 Å². The van der Waals surface area contributed by atoms with Gasteiger partial charge in [0.2, 0.25) is 0 Å². The van der Waals surface area contributed by atoms with Crippen molar-refractivity contribution < 1.29 is 0 Å². The summed E-state index contributed by atoms with van der Waals surface area (Å²) < 4.78 is 2.29. The first kappa shape index (κ1) is 12.4. The number of nitrogens with one attached hydrogen (secondary N) is 1. The minimum atomic E-state index is 0.431. The molecule has 0 radical (unpaired) electrons. The van der Waals surface area contributed by atoms with Crippen LogP contribution >= 0.6 is 43.2 Å². The lowest BCUT2D eigenvalue weighted by molar-refractivity contribution is 0.563. The highest BCUT2D eigenvalue weighted by Gasteiger charge is 2.12. The maximum absolute atomic E-state index is 3.74. The second-order valence-corrected chi connectivity index (χ2v) is 6.23. The maximum Gasteiger partial charge on any atom is 0.0843 e. The quantitative estimate of drug-likeness (QED) is 0.779. The Balaban J connectivity index is 2.73. The van der Waals surface area contributed by atoms with E-state index in [2.05, 4.69) is 49.8 Å². The van der Waals surface area contributed by atoms with Crippen LogP contribution in [0.2, 0.25) is 0 Å². The molecule has 0 aliphatic carbocycles. The molecule has 1 atom stereocenters. The molecule has 1 unspecified atom stereocenters. The van der Waals surface area contributed by atoms with Gasteiger partial charge in [-0.3, -0.25) is 0 Å². The largest absolute Gasteiger partial charge is 0.312 e. The molecule has 14 heavy (non-hydrogen) atoms. The molecule has 0 fully saturated rings. The lowest BCUT2D eigenvalue weighted by atomic mass is 10.1. The van der Waals surface area contributed by atoms with Crippen LogP contribution in [0.1, 0.15) is 23.8 Å². The van der Waals surface area contributed by atoms with Crippen LogP contribution < -0.4 is 5.32 Å². The van der Waals surface area contributed by atoms with E-state index in [-0.39, 0.29) is 0 Å². The second-order valence-electron chi connectivity index (χ2n) is 2.98. The Morgan fingerprint density at radius 3 is 2.79 bits per heavy atom. The smallest absolute Gasteiger partial charge is 0.0843 e. The van der Waals surface area contributed by atoms with Gasteiger partial charge in [0, 0.05) is 15.4 Å². The number of rotatable bonds is 5. The molecule has 0 saturated heterocycles. The molecule has 0 saturated carbocycles. The predicted molar refractivity (Wildman–Crippen MR) is 71.0 cm³/mol. The normalized spacial score (nSPS) is 12.8. The van der Waals surface area contributed by atoms with Crippen LogP contribution in [0.4, 0.5) is 0 Å². The van der Waals surface area contributed by atoms with Crippen LogP contribution in [0.3, 0.4) is 0 Å². The second kappa shape index (κ2) is 6.05. The van der Waals surface area contributed by atoms with Crippen molar-refractivity contribution in [2.75, 3.05) is 7.05 Å². The monoisotopic (exact) mass is 337 g/mol. The SMILES string of the molecule is C=CCCC(NC)c1cc(Br)c(Br)s1. The average Bonchev–Trinajstić information content (AvgIpc) is 2.48. The number of halogens is 2. The van der Waals surface area contributed by atoms with Crippen LogP contribution in [-0.4, -0.2) is 7.05 Å². The Labute approximate surface area is 106 Å². The van der Waals surface area contributed by atoms with Crippen molar-refractivity contribution in [1.82, 2.24) is 5.32 Å². The van der Waals surface area contributed by atoms with E-state index in [1.165, 1.54) is 4.88 Å². The zero-order chi connectivity index (χ0) is 10.6. The molecule has 1 nitrogen and oxygen atoms in total. The highest BCUT2D eigenvalue weighted by molar-refractivity contribution is 9.13. The van der Waals surface area contributed by atoms with Gasteiger partial charge >= 0.3 is 0 Å². The summed E-state index contributed by atoms with van der Waals surface area (Å²) in [6.45, 7) is 3.74. The fraction of sp³-hybridized carbons (Fsp3) is 0.400. The molecule has 1 heterocycles. The van der Waals surface area contributed by atoms with Gasteiger partial charge in [-0.2, -0.15) is 0 Å². The van der Waals surface area contributed by atoms with Gasteiger partial charge in [-0.05, 0) is 57.8 Å². The first-order valence-corrected chi connectivity index (χ1v) is 6.82. The van der Waals surface area contributed by atoms with Gasteiger partial charge in [0.05, 0.1) is 3.79 Å². The van der Waals surface area contributed by atoms with Gasteiger partial charge in [0.1, 0.15) is 0 Å². The molecule has 1 aromatic rings. The molecule has 0 aliphatic rings. The van der Waals surface area contributed by atoms with E-state index in [1.54, 1.807) is 11.3 Å². The van der Waals surface area contributed by atoms with Crippen molar-refractivity contribution in [1.29, 1.82) is 0 Å². The summed E-state index contributed by atoms with van der Waals surface area (Å²) in [6.07, 6.45) is 4.10. The van der Waals surface area contributed by atoms with Crippen molar-refractivity contribution in [2.45, 2.75) is 18.9 Å². The summed E-state index contributed by atoms with van der Waals surface area (Å²) in [5.41, 5.74) is 0. The Hall–Kier alpha value is 0.360. The number of hydrogen-bond acceptors (Lipinski definition) is 2. The van der Waals surface area contributed by atoms with E-state index in [0.717, 1.165) is 21.1 Å². The minimum absolute atomic E-state index is 0.431. The van der Waals surface area contributed by atoms with Gasteiger partial charge in [-0.1, -0.05) is 6.08 Å². The third kappa shape index (κ3) is 3.19. The first-order chi connectivity index (χ1) is 6.69. The summed E-state index contributed by atoms with van der Waals surface area (Å²) in [5, 5.41) is 3.31. The highest BCUT2D eigenvalue weighted by atomic mass is 79.9. The summed E-state index contributed by atoms with van der Waals surface area (Å²) in [4.78, 5) is 1.35. The fourth-order valence-corrected chi connectivity index (χ4v) is 3.48. The highest BCUT2D eigenvalue weighted by Crippen LogP contribution is 2.36. The third-order valence-corrected chi connectivity index (χ3v) is 5.39. The number of thiophene rings is 1. The van der Waals surface area contributed by atoms with E-state index in [1.807, 2.05) is 13.1 Å². The average molecular weight is 339 g/mol. The van der Waals surface area contributed by atoms with Gasteiger partial charge in [-0.25, -0.2) is 0 Å². The molecular formula is C10H13Br2NS. The van der Waals surface area contributed by atoms with Crippen molar-refractivity contribution in [2.24, 2.45) is 0 Å². The van der Waals surface area contributed by atoms with Crippen molar-refractivity contribution in [3.8, 4) is 0 Å². The lowest BCUT2D eigenvalue weighted by Gasteiger charge is -2.12. The van der Waals surface area contributed by atoms with Gasteiger partial charge in [0.15, 0.2) is 0 Å². The summed E-state index contributed by atoms with van der Waals surface area (Å²) >= 11 is 8.77. The van der Waals surface area contributed by atoms with Crippen molar-refractivity contribution >= 4 is 43.2 Å². The molecule has 0 bridgehead atoms. The van der Waals surface area contributed by atoms with Crippen molar-refractivity contribution in [3.63, 3.8) is 0 Å². The molecular weight excluding hydrogens is 326 g/mol. The molecule has 78 valence electrons. The number of hydrogen-bond donors (Lipinski definition) is 1. The van der Waals surface area contributed by atoms with Crippen LogP contribution in [-0.2, 0) is 0 Å². The molecule has 4 heteroatoms. The Morgan fingerprint density at radius 2 is 2.36 bits per heavy atom. The van der Waals surface area contributed by atoms with Crippen LogP contribution in [0.5, 0.6) is 0 Å². The van der Waals surface area contributed by atoms with Gasteiger partial charge in [-0.15, -0.1) is 17.9 Å². The van der Waals surface area contributed by atoms with Crippen LogP contribution in [0, 0.1) is 0 Å². The van der Waals surface area contributed by atoms with E-state index in [4.69, 9.17) is 0 Å². The van der Waals surface area contributed by atoms with Crippen LogP contribution in [0.25, 0.3) is 0 Å². The molecule has 1 aromatic heterocycles. The van der Waals surface area contributed by atoms with E-state index in [0.29, 0.717) is 6.04 Å². The lowest BCUT2D eigenvalue weighted by Crippen LogP contribution is -2.14. The zero-order valence-corrected chi connectivity index (χ0v) is 12.0. The molecule has 0 amide bonds. The van der Waals surface area contributed by atoms with E-state index >= 15 is 0 Å². The predicted octanol–water partition coefficient (Wildman–Crippen LogP) is 4.50. The minimum Gasteiger partial charge on any atom is -0.312 e. The molecule has 0 spiro atoms. The maximum atomic E-state index is 3.74. The van der Waals surface area contributed by atoms with Gasteiger partial charge in [0.25, 0.3) is 0 Å². The Kier molecular flexibility index (Phi) is 5.38. The standard InChI is InChI=1S/C10H13Br2NS/c1-3-4-5-8(13-2)9-6-7(11)10(12)14-9/h3,6,8,13H,1,4-5H2,2H3. The molecule has 1 rings (SSSR count). The van der Waals surface area contributed by atoms with Crippen LogP contribution in [0.15, 0.2) is 27.0 Å². The van der Waals surface area contributed by atoms with E-state index < -0.39 is 0 Å².